The van der Waals surface area contributed by atoms with Crippen molar-refractivity contribution in [2.24, 2.45) is 5.92 Å². The van der Waals surface area contributed by atoms with Gasteiger partial charge in [0.1, 0.15) is 0 Å². The van der Waals surface area contributed by atoms with Gasteiger partial charge in [-0.1, -0.05) is 13.3 Å². The number of nitrogens with one attached hydrogen (secondary N) is 1. The molecule has 3 rings (SSSR count). The Kier molecular flexibility index (Phi) is 3.78. The lowest BCUT2D eigenvalue weighted by molar-refractivity contribution is 0.247. The highest BCUT2D eigenvalue weighted by Crippen LogP contribution is 2.40. The van der Waals surface area contributed by atoms with E-state index in [2.05, 4.69) is 22.0 Å². The second-order valence-electron chi connectivity index (χ2n) is 5.92. The van der Waals surface area contributed by atoms with Crippen molar-refractivity contribution in [3.8, 4) is 5.75 Å². The molecule has 1 saturated heterocycles. The maximum atomic E-state index is 5.51. The molecule has 3 unspecified atom stereocenters. The zero-order chi connectivity index (χ0) is 13.2. The van der Waals surface area contributed by atoms with Gasteiger partial charge in [0.15, 0.2) is 5.75 Å². The summed E-state index contributed by atoms with van der Waals surface area (Å²) in [5, 5.41) is 8.34. The molecule has 2 heterocycles. The van der Waals surface area contributed by atoms with Crippen LogP contribution < -0.4 is 10.1 Å². The summed E-state index contributed by atoms with van der Waals surface area (Å²) in [6, 6.07) is 1.14. The van der Waals surface area contributed by atoms with Crippen LogP contribution in [0.1, 0.15) is 57.2 Å². The van der Waals surface area contributed by atoms with E-state index < -0.39 is 0 Å². The summed E-state index contributed by atoms with van der Waals surface area (Å²) < 4.78 is 7.64. The maximum Gasteiger partial charge on any atom is 0.161 e. The quantitative estimate of drug-likeness (QED) is 0.908. The van der Waals surface area contributed by atoms with E-state index >= 15 is 0 Å². The third-order valence-corrected chi connectivity index (χ3v) is 4.73. The predicted molar refractivity (Wildman–Crippen MR) is 75.3 cm³/mol. The van der Waals surface area contributed by atoms with E-state index in [0.717, 1.165) is 24.6 Å². The van der Waals surface area contributed by atoms with Gasteiger partial charge in [-0.05, 0) is 38.0 Å². The molecule has 1 aliphatic heterocycles. The summed E-state index contributed by atoms with van der Waals surface area (Å²) >= 11 is 0. The van der Waals surface area contributed by atoms with E-state index in [1.54, 1.807) is 7.11 Å². The molecule has 1 aromatic rings. The highest BCUT2D eigenvalue weighted by Gasteiger charge is 2.35. The van der Waals surface area contributed by atoms with Crippen LogP contribution in [0.25, 0.3) is 0 Å². The van der Waals surface area contributed by atoms with Crippen molar-refractivity contribution in [3.05, 3.63) is 11.9 Å². The van der Waals surface area contributed by atoms with Crippen LogP contribution in [0.2, 0.25) is 0 Å². The van der Waals surface area contributed by atoms with Crippen LogP contribution >= 0.6 is 0 Å². The van der Waals surface area contributed by atoms with Crippen molar-refractivity contribution >= 4 is 0 Å². The maximum absolute atomic E-state index is 5.51. The molecule has 0 bridgehead atoms. The standard InChI is InChI=1S/C15H25N3O/c1-3-9-18-15(14(19-2)10-16-18)13-8-7-11-5-4-6-12(11)17-13/h10-13,17H,3-9H2,1-2H3. The Morgan fingerprint density at radius 3 is 3.05 bits per heavy atom. The van der Waals surface area contributed by atoms with Crippen LogP contribution in [-0.4, -0.2) is 22.9 Å². The lowest BCUT2D eigenvalue weighted by atomic mass is 9.88. The number of aromatic nitrogens is 2. The largest absolute Gasteiger partial charge is 0.493 e. The SMILES string of the molecule is CCCn1ncc(OC)c1C1CCC2CCCC2N1. The van der Waals surface area contributed by atoms with Gasteiger partial charge in [0.2, 0.25) is 0 Å². The van der Waals surface area contributed by atoms with E-state index in [-0.39, 0.29) is 0 Å². The molecule has 1 N–H and O–H groups in total. The first-order valence-electron chi connectivity index (χ1n) is 7.69. The fraction of sp³-hybridized carbons (Fsp3) is 0.800. The van der Waals surface area contributed by atoms with Gasteiger partial charge in [-0.15, -0.1) is 0 Å². The minimum atomic E-state index is 0.420. The summed E-state index contributed by atoms with van der Waals surface area (Å²) in [5.41, 5.74) is 1.26. The van der Waals surface area contributed by atoms with Gasteiger partial charge >= 0.3 is 0 Å². The number of ether oxygens (including phenoxy) is 1. The second kappa shape index (κ2) is 5.53. The Morgan fingerprint density at radius 2 is 2.26 bits per heavy atom. The Hall–Kier alpha value is -1.03. The first-order chi connectivity index (χ1) is 9.33. The van der Waals surface area contributed by atoms with E-state index in [4.69, 9.17) is 4.74 Å². The van der Waals surface area contributed by atoms with Crippen molar-refractivity contribution in [1.82, 2.24) is 15.1 Å². The average Bonchev–Trinajstić information content (AvgIpc) is 3.04. The fourth-order valence-electron chi connectivity index (χ4n) is 3.82. The first-order valence-corrected chi connectivity index (χ1v) is 7.69. The molecule has 1 saturated carbocycles. The summed E-state index contributed by atoms with van der Waals surface area (Å²) in [6.07, 6.45) is 9.68. The zero-order valence-electron chi connectivity index (χ0n) is 12.1. The molecule has 0 aromatic carbocycles. The first kappa shape index (κ1) is 13.0. The molecule has 0 spiro atoms. The zero-order valence-corrected chi connectivity index (χ0v) is 12.1. The normalized spacial score (nSPS) is 30.3. The lowest BCUT2D eigenvalue weighted by Gasteiger charge is -2.34. The van der Waals surface area contributed by atoms with Gasteiger partial charge in [0.25, 0.3) is 0 Å². The molecule has 106 valence electrons. The Bertz CT molecular complexity index is 429. The highest BCUT2D eigenvalue weighted by molar-refractivity contribution is 5.29. The van der Waals surface area contributed by atoms with Crippen LogP contribution in [0.3, 0.4) is 0 Å². The van der Waals surface area contributed by atoms with Crippen LogP contribution in [0.4, 0.5) is 0 Å². The van der Waals surface area contributed by atoms with Gasteiger partial charge in [-0.2, -0.15) is 5.10 Å². The smallest absolute Gasteiger partial charge is 0.161 e. The molecule has 3 atom stereocenters. The number of rotatable bonds is 4. The number of piperidine rings is 1. The minimum absolute atomic E-state index is 0.420. The van der Waals surface area contributed by atoms with Crippen LogP contribution in [0.15, 0.2) is 6.20 Å². The second-order valence-corrected chi connectivity index (χ2v) is 5.92. The fourth-order valence-corrected chi connectivity index (χ4v) is 3.82. The van der Waals surface area contributed by atoms with Gasteiger partial charge < -0.3 is 10.1 Å². The third kappa shape index (κ3) is 2.38. The molecule has 1 aliphatic carbocycles. The van der Waals surface area contributed by atoms with E-state index in [0.29, 0.717) is 12.1 Å². The number of hydrogen-bond donors (Lipinski definition) is 1. The number of hydrogen-bond acceptors (Lipinski definition) is 3. The Morgan fingerprint density at radius 1 is 1.37 bits per heavy atom. The van der Waals surface area contributed by atoms with Crippen molar-refractivity contribution in [2.75, 3.05) is 7.11 Å². The molecule has 19 heavy (non-hydrogen) atoms. The Balaban J connectivity index is 1.82. The van der Waals surface area contributed by atoms with E-state index in [9.17, 15) is 0 Å². The average molecular weight is 263 g/mol. The molecule has 1 aromatic heterocycles. The monoisotopic (exact) mass is 263 g/mol. The van der Waals surface area contributed by atoms with Crippen LogP contribution in [-0.2, 0) is 6.54 Å². The Labute approximate surface area is 115 Å². The number of aryl methyl sites for hydroxylation is 1. The van der Waals surface area contributed by atoms with Gasteiger partial charge in [0, 0.05) is 12.6 Å². The number of nitrogens with zero attached hydrogens (tertiary/aromatic N) is 2. The van der Waals surface area contributed by atoms with Crippen molar-refractivity contribution in [2.45, 2.75) is 64.1 Å². The topological polar surface area (TPSA) is 39.1 Å². The minimum Gasteiger partial charge on any atom is -0.493 e. The third-order valence-electron chi connectivity index (χ3n) is 4.73. The molecule has 2 fully saturated rings. The molecule has 2 aliphatic rings. The molecule has 4 nitrogen and oxygen atoms in total. The predicted octanol–water partition coefficient (Wildman–Crippen LogP) is 2.89. The molecular weight excluding hydrogens is 238 g/mol. The highest BCUT2D eigenvalue weighted by atomic mass is 16.5. The molecule has 0 amide bonds. The van der Waals surface area contributed by atoms with Crippen molar-refractivity contribution < 1.29 is 4.74 Å². The number of fused-ring (bicyclic) bond motifs is 1. The van der Waals surface area contributed by atoms with Gasteiger partial charge in [0.05, 0.1) is 25.0 Å². The summed E-state index contributed by atoms with van der Waals surface area (Å²) in [5.74, 6) is 1.85. The number of methoxy groups -OCH3 is 1. The van der Waals surface area contributed by atoms with E-state index in [1.807, 2.05) is 6.20 Å². The summed E-state index contributed by atoms with van der Waals surface area (Å²) in [7, 11) is 1.75. The van der Waals surface area contributed by atoms with Crippen molar-refractivity contribution in [1.29, 1.82) is 0 Å². The van der Waals surface area contributed by atoms with Gasteiger partial charge in [-0.3, -0.25) is 4.68 Å². The van der Waals surface area contributed by atoms with Crippen LogP contribution in [0.5, 0.6) is 5.75 Å². The van der Waals surface area contributed by atoms with E-state index in [1.165, 1.54) is 37.8 Å². The molecule has 4 heteroatoms. The van der Waals surface area contributed by atoms with Gasteiger partial charge in [-0.25, -0.2) is 0 Å². The molecular formula is C15H25N3O. The summed E-state index contributed by atoms with van der Waals surface area (Å²) in [6.45, 7) is 3.17. The summed E-state index contributed by atoms with van der Waals surface area (Å²) in [4.78, 5) is 0. The molecule has 0 radical (unpaired) electrons. The lowest BCUT2D eigenvalue weighted by Crippen LogP contribution is -2.41. The van der Waals surface area contributed by atoms with Crippen LogP contribution in [0, 0.1) is 5.92 Å². The van der Waals surface area contributed by atoms with Crippen molar-refractivity contribution in [3.63, 3.8) is 0 Å².